The Hall–Kier alpha value is -2.60. The lowest BCUT2D eigenvalue weighted by atomic mass is 9.91. The zero-order valence-electron chi connectivity index (χ0n) is 18.4. The maximum atomic E-state index is 13.2. The first-order chi connectivity index (χ1) is 15.4. The van der Waals surface area contributed by atoms with Gasteiger partial charge in [0.15, 0.2) is 0 Å². The zero-order chi connectivity index (χ0) is 22.8. The van der Waals surface area contributed by atoms with Crippen LogP contribution in [-0.4, -0.2) is 34.3 Å². The van der Waals surface area contributed by atoms with Gasteiger partial charge in [-0.1, -0.05) is 53.4 Å². The van der Waals surface area contributed by atoms with Gasteiger partial charge in [0, 0.05) is 16.1 Å². The Balaban J connectivity index is 1.84. The SMILES string of the molecule is CCOc1ccc(C2/C(=C(/O)c3ccc(Br)c(C)c3)C(=O)C(=O)N2C2CCCCC2)cc1. The van der Waals surface area contributed by atoms with E-state index in [0.717, 1.165) is 53.5 Å². The van der Waals surface area contributed by atoms with Gasteiger partial charge in [0.25, 0.3) is 11.7 Å². The Labute approximate surface area is 197 Å². The van der Waals surface area contributed by atoms with Crippen LogP contribution in [0.25, 0.3) is 5.76 Å². The zero-order valence-corrected chi connectivity index (χ0v) is 20.0. The minimum atomic E-state index is -0.618. The summed E-state index contributed by atoms with van der Waals surface area (Å²) < 4.78 is 6.48. The lowest BCUT2D eigenvalue weighted by molar-refractivity contribution is -0.141. The van der Waals surface area contributed by atoms with Gasteiger partial charge in [-0.2, -0.15) is 0 Å². The molecule has 1 saturated carbocycles. The highest BCUT2D eigenvalue weighted by molar-refractivity contribution is 9.10. The molecule has 1 unspecified atom stereocenters. The van der Waals surface area contributed by atoms with Crippen molar-refractivity contribution in [3.8, 4) is 5.75 Å². The number of Topliss-reactive ketones (excluding diaryl/α,β-unsaturated/α-hetero) is 1. The molecule has 0 bridgehead atoms. The number of likely N-dealkylation sites (tertiary alicyclic amines) is 1. The van der Waals surface area contributed by atoms with Gasteiger partial charge < -0.3 is 14.7 Å². The van der Waals surface area contributed by atoms with Gasteiger partial charge in [-0.25, -0.2) is 0 Å². The summed E-state index contributed by atoms with van der Waals surface area (Å²) in [6.07, 6.45) is 4.97. The summed E-state index contributed by atoms with van der Waals surface area (Å²) in [4.78, 5) is 28.2. The molecule has 1 aliphatic carbocycles. The molecular formula is C26H28BrNO4. The molecule has 1 heterocycles. The van der Waals surface area contributed by atoms with Crippen LogP contribution in [0.2, 0.25) is 0 Å². The fourth-order valence-electron chi connectivity index (χ4n) is 4.77. The highest BCUT2D eigenvalue weighted by Crippen LogP contribution is 2.43. The van der Waals surface area contributed by atoms with Crippen LogP contribution in [0.4, 0.5) is 0 Å². The summed E-state index contributed by atoms with van der Waals surface area (Å²) in [5.41, 5.74) is 2.43. The van der Waals surface area contributed by atoms with E-state index in [1.807, 2.05) is 50.2 Å². The fraction of sp³-hybridized carbons (Fsp3) is 0.385. The molecule has 1 amide bonds. The summed E-state index contributed by atoms with van der Waals surface area (Å²) in [6.45, 7) is 4.40. The average molecular weight is 498 g/mol. The van der Waals surface area contributed by atoms with E-state index in [0.29, 0.717) is 12.2 Å². The van der Waals surface area contributed by atoms with Crippen molar-refractivity contribution in [1.29, 1.82) is 0 Å². The summed E-state index contributed by atoms with van der Waals surface area (Å²) >= 11 is 3.47. The number of aliphatic hydroxyl groups excluding tert-OH is 1. The van der Waals surface area contributed by atoms with Gasteiger partial charge >= 0.3 is 0 Å². The van der Waals surface area contributed by atoms with Crippen LogP contribution in [0.5, 0.6) is 5.75 Å². The van der Waals surface area contributed by atoms with Crippen LogP contribution in [0.1, 0.15) is 61.8 Å². The molecule has 0 radical (unpaired) electrons. The molecule has 5 nitrogen and oxygen atoms in total. The molecule has 0 aromatic heterocycles. The molecule has 1 aliphatic heterocycles. The molecule has 1 atom stereocenters. The normalized spacial score (nSPS) is 21.2. The van der Waals surface area contributed by atoms with Crippen molar-refractivity contribution < 1.29 is 19.4 Å². The molecule has 2 fully saturated rings. The largest absolute Gasteiger partial charge is 0.507 e. The number of aryl methyl sites for hydroxylation is 1. The Morgan fingerprint density at radius 3 is 2.41 bits per heavy atom. The van der Waals surface area contributed by atoms with Gasteiger partial charge in [-0.05, 0) is 62.1 Å². The van der Waals surface area contributed by atoms with E-state index in [4.69, 9.17) is 4.74 Å². The van der Waals surface area contributed by atoms with E-state index in [-0.39, 0.29) is 17.4 Å². The number of ether oxygens (including phenoxy) is 1. The minimum Gasteiger partial charge on any atom is -0.507 e. The first-order valence-electron chi connectivity index (χ1n) is 11.2. The van der Waals surface area contributed by atoms with Gasteiger partial charge in [0.2, 0.25) is 0 Å². The highest BCUT2D eigenvalue weighted by Gasteiger charge is 2.48. The second kappa shape index (κ2) is 9.49. The molecule has 0 spiro atoms. The van der Waals surface area contributed by atoms with Crippen LogP contribution in [-0.2, 0) is 9.59 Å². The molecule has 4 rings (SSSR count). The topological polar surface area (TPSA) is 66.8 Å². The van der Waals surface area contributed by atoms with E-state index in [9.17, 15) is 14.7 Å². The van der Waals surface area contributed by atoms with Gasteiger partial charge in [0.1, 0.15) is 11.5 Å². The second-order valence-corrected chi connectivity index (χ2v) is 9.32. The second-order valence-electron chi connectivity index (χ2n) is 8.46. The van der Waals surface area contributed by atoms with Crippen molar-refractivity contribution in [3.05, 3.63) is 69.2 Å². The maximum Gasteiger partial charge on any atom is 0.295 e. The average Bonchev–Trinajstić information content (AvgIpc) is 3.07. The Morgan fingerprint density at radius 2 is 1.78 bits per heavy atom. The molecule has 2 aromatic carbocycles. The maximum absolute atomic E-state index is 13.2. The molecule has 6 heteroatoms. The molecule has 32 heavy (non-hydrogen) atoms. The van der Waals surface area contributed by atoms with Crippen molar-refractivity contribution >= 4 is 33.4 Å². The van der Waals surface area contributed by atoms with Gasteiger partial charge in [-0.15, -0.1) is 0 Å². The number of ketones is 1. The van der Waals surface area contributed by atoms with Crippen molar-refractivity contribution in [2.75, 3.05) is 6.61 Å². The van der Waals surface area contributed by atoms with Gasteiger partial charge in [0.05, 0.1) is 18.2 Å². The van der Waals surface area contributed by atoms with E-state index < -0.39 is 17.7 Å². The van der Waals surface area contributed by atoms with Crippen LogP contribution in [0.3, 0.4) is 0 Å². The third-order valence-corrected chi connectivity index (χ3v) is 7.28. The number of hydrogen-bond donors (Lipinski definition) is 1. The summed E-state index contributed by atoms with van der Waals surface area (Å²) in [5.74, 6) is -0.538. The molecule has 2 aromatic rings. The van der Waals surface area contributed by atoms with Crippen molar-refractivity contribution in [2.45, 2.75) is 58.0 Å². The smallest absolute Gasteiger partial charge is 0.295 e. The Kier molecular flexibility index (Phi) is 6.70. The minimum absolute atomic E-state index is 0.00581. The molecule has 1 N–H and O–H groups in total. The van der Waals surface area contributed by atoms with Crippen molar-refractivity contribution in [1.82, 2.24) is 4.90 Å². The standard InChI is InChI=1S/C26H28BrNO4/c1-3-32-20-12-9-17(10-13-20)23-22(24(29)18-11-14-21(27)16(2)15-18)25(30)26(31)28(23)19-7-5-4-6-8-19/h9-15,19,23,29H,3-8H2,1-2H3/b24-22-. The first kappa shape index (κ1) is 22.6. The van der Waals surface area contributed by atoms with Gasteiger partial charge in [-0.3, -0.25) is 9.59 Å². The molecule has 168 valence electrons. The number of amides is 1. The number of hydrogen-bond acceptors (Lipinski definition) is 4. The lowest BCUT2D eigenvalue weighted by Gasteiger charge is -2.35. The quantitative estimate of drug-likeness (QED) is 0.316. The molecule has 2 aliphatic rings. The Morgan fingerprint density at radius 1 is 1.09 bits per heavy atom. The van der Waals surface area contributed by atoms with Crippen LogP contribution in [0, 0.1) is 6.92 Å². The summed E-state index contributed by atoms with van der Waals surface area (Å²) in [5, 5.41) is 11.3. The molecule has 1 saturated heterocycles. The first-order valence-corrected chi connectivity index (χ1v) is 12.0. The molecular weight excluding hydrogens is 470 g/mol. The predicted octanol–water partition coefficient (Wildman–Crippen LogP) is 5.91. The third kappa shape index (κ3) is 4.20. The number of carbonyl (C=O) groups excluding carboxylic acids is 2. The number of rotatable bonds is 5. The van der Waals surface area contributed by atoms with E-state index in [2.05, 4.69) is 15.9 Å². The third-order valence-electron chi connectivity index (χ3n) is 6.39. The van der Waals surface area contributed by atoms with Crippen molar-refractivity contribution in [3.63, 3.8) is 0 Å². The number of aliphatic hydroxyl groups is 1. The lowest BCUT2D eigenvalue weighted by Crippen LogP contribution is -2.40. The Bertz CT molecular complexity index is 1050. The summed E-state index contributed by atoms with van der Waals surface area (Å²) in [7, 11) is 0. The number of nitrogens with zero attached hydrogens (tertiary/aromatic N) is 1. The number of halogens is 1. The van der Waals surface area contributed by atoms with Crippen LogP contribution < -0.4 is 4.74 Å². The van der Waals surface area contributed by atoms with E-state index in [1.165, 1.54) is 0 Å². The number of carbonyl (C=O) groups is 2. The number of benzene rings is 2. The predicted molar refractivity (Wildman–Crippen MR) is 128 cm³/mol. The fourth-order valence-corrected chi connectivity index (χ4v) is 5.02. The van der Waals surface area contributed by atoms with Crippen LogP contribution in [0.15, 0.2) is 52.5 Å². The highest BCUT2D eigenvalue weighted by atomic mass is 79.9. The van der Waals surface area contributed by atoms with Crippen LogP contribution >= 0.6 is 15.9 Å². The van der Waals surface area contributed by atoms with E-state index >= 15 is 0 Å². The van der Waals surface area contributed by atoms with Crippen molar-refractivity contribution in [2.24, 2.45) is 0 Å². The monoisotopic (exact) mass is 497 g/mol. The van der Waals surface area contributed by atoms with E-state index in [1.54, 1.807) is 11.0 Å². The summed E-state index contributed by atoms with van der Waals surface area (Å²) in [6, 6.07) is 12.3.